The number of nitrogens with zero attached hydrogens (tertiary/aromatic N) is 4. The molecule has 2 bridgehead atoms. The smallest absolute Gasteiger partial charge is 0.319 e. The van der Waals surface area contributed by atoms with Crippen molar-refractivity contribution >= 4 is 27.5 Å². The van der Waals surface area contributed by atoms with Crippen molar-refractivity contribution in [1.82, 2.24) is 20.2 Å². The molecule has 3 aliphatic heterocycles. The molecule has 6 unspecified atom stereocenters. The van der Waals surface area contributed by atoms with Gasteiger partial charge in [0.25, 0.3) is 0 Å². The van der Waals surface area contributed by atoms with Gasteiger partial charge in [-0.05, 0) is 78.6 Å². The molecule has 0 radical (unpaired) electrons. The van der Waals surface area contributed by atoms with Gasteiger partial charge in [0.2, 0.25) is 0 Å². The van der Waals surface area contributed by atoms with Crippen LogP contribution in [0.2, 0.25) is 0 Å². The lowest BCUT2D eigenvalue weighted by atomic mass is 9.41. The second-order valence-electron chi connectivity index (χ2n) is 13.9. The molecule has 2 N–H and O–H groups in total. The monoisotopic (exact) mass is 627 g/mol. The summed E-state index contributed by atoms with van der Waals surface area (Å²) in [6, 6.07) is 11.9. The van der Waals surface area contributed by atoms with E-state index in [0.717, 1.165) is 42.1 Å². The Balaban J connectivity index is 1.11. The van der Waals surface area contributed by atoms with Crippen LogP contribution in [0, 0.1) is 17.0 Å². The van der Waals surface area contributed by atoms with E-state index in [1.807, 2.05) is 32.2 Å². The number of aromatic nitrogens is 2. The molecule has 5 aliphatic rings. The van der Waals surface area contributed by atoms with Crippen molar-refractivity contribution in [2.75, 3.05) is 38.3 Å². The van der Waals surface area contributed by atoms with E-state index < -0.39 is 11.6 Å². The van der Waals surface area contributed by atoms with E-state index in [4.69, 9.17) is 14.5 Å². The average Bonchev–Trinajstić information content (AvgIpc) is 3.36. The Morgan fingerprint density at radius 3 is 2.61 bits per heavy atom. The quantitative estimate of drug-likeness (QED) is 0.263. The highest BCUT2D eigenvalue weighted by atomic mass is 19.1. The molecule has 4 heterocycles. The van der Waals surface area contributed by atoms with Crippen molar-refractivity contribution < 1.29 is 23.4 Å². The minimum atomic E-state index is -0.776. The van der Waals surface area contributed by atoms with Crippen LogP contribution in [-0.2, 0) is 11.2 Å². The number of nitrogens with one attached hydrogen (secondary N) is 1. The highest BCUT2D eigenvalue weighted by molar-refractivity contribution is 6.03. The van der Waals surface area contributed by atoms with E-state index in [1.165, 1.54) is 25.0 Å². The summed E-state index contributed by atoms with van der Waals surface area (Å²) >= 11 is 0. The standard InChI is InChI=1S/C36H39F2N5O3/c1-3-19-5-4-6-20-13-23(44)14-24(30(19)20)31-26(37)15-25-33(32(31)38)40-35(41-34(25)42-17-21-7-8-22(18-42)39-21)46-12-11-43-27-9-10-36(27)28(43)16-29(36)45-2/h4-6,13-15,21-22,27-29,39,44H,3,7-12,16-18H2,1-2H3. The lowest BCUT2D eigenvalue weighted by Crippen LogP contribution is -2.87. The molecule has 5 fully saturated rings. The molecule has 1 aromatic heterocycles. The Labute approximate surface area is 266 Å². The topological polar surface area (TPSA) is 83.0 Å². The number of aromatic hydroxyl groups is 1. The Morgan fingerprint density at radius 2 is 1.89 bits per heavy atom. The zero-order valence-corrected chi connectivity index (χ0v) is 26.2. The number of piperidine rings is 2. The zero-order valence-electron chi connectivity index (χ0n) is 26.2. The first-order valence-electron chi connectivity index (χ1n) is 16.8. The summed E-state index contributed by atoms with van der Waals surface area (Å²) in [5.74, 6) is -1.04. The number of rotatable bonds is 8. The van der Waals surface area contributed by atoms with Crippen LogP contribution in [0.4, 0.5) is 14.6 Å². The zero-order chi connectivity index (χ0) is 31.3. The Hall–Kier alpha value is -3.60. The predicted octanol–water partition coefficient (Wildman–Crippen LogP) is 5.57. The summed E-state index contributed by atoms with van der Waals surface area (Å²) in [5.41, 5.74) is 1.41. The van der Waals surface area contributed by atoms with Crippen LogP contribution in [-0.4, -0.2) is 83.6 Å². The molecule has 2 aliphatic carbocycles. The fourth-order valence-electron chi connectivity index (χ4n) is 9.65. The lowest BCUT2D eigenvalue weighted by Gasteiger charge is -2.79. The number of fused-ring (bicyclic) bond motifs is 4. The van der Waals surface area contributed by atoms with Crippen LogP contribution in [0.5, 0.6) is 11.8 Å². The minimum absolute atomic E-state index is 0.0247. The molecule has 9 rings (SSSR count). The molecule has 10 heteroatoms. The second-order valence-corrected chi connectivity index (χ2v) is 13.9. The number of phenolic OH excluding ortho intramolecular Hbond substituents is 1. The lowest BCUT2D eigenvalue weighted by molar-refractivity contribution is -0.325. The second kappa shape index (κ2) is 10.5. The third kappa shape index (κ3) is 3.99. The Morgan fingerprint density at radius 1 is 1.07 bits per heavy atom. The number of likely N-dealkylation sites (tertiary alicyclic amines) is 1. The third-order valence-corrected chi connectivity index (χ3v) is 11.9. The molecule has 3 saturated heterocycles. The first-order valence-corrected chi connectivity index (χ1v) is 16.8. The number of benzene rings is 3. The van der Waals surface area contributed by atoms with Crippen molar-refractivity contribution in [2.24, 2.45) is 5.41 Å². The van der Waals surface area contributed by atoms with E-state index in [2.05, 4.69) is 20.1 Å². The van der Waals surface area contributed by atoms with Crippen LogP contribution in [0.15, 0.2) is 36.4 Å². The summed E-state index contributed by atoms with van der Waals surface area (Å²) in [6.07, 6.45) is 6.63. The number of anilines is 1. The summed E-state index contributed by atoms with van der Waals surface area (Å²) in [4.78, 5) is 14.1. The van der Waals surface area contributed by atoms with Gasteiger partial charge in [-0.1, -0.05) is 25.1 Å². The van der Waals surface area contributed by atoms with Crippen LogP contribution >= 0.6 is 0 Å². The van der Waals surface area contributed by atoms with Crippen molar-refractivity contribution in [3.8, 4) is 22.9 Å². The predicted molar refractivity (Wildman–Crippen MR) is 172 cm³/mol. The fourth-order valence-corrected chi connectivity index (χ4v) is 9.65. The molecule has 2 saturated carbocycles. The van der Waals surface area contributed by atoms with E-state index >= 15 is 8.78 Å². The maximum absolute atomic E-state index is 16.9. The SMILES string of the molecule is CCc1cccc2cc(O)cc(-c3c(F)cc4c(N5CC6CCC(C5)N6)nc(OCCN5C6CCC67C(OC)CC57)nc4c3F)c12. The van der Waals surface area contributed by atoms with Crippen LogP contribution in [0.25, 0.3) is 32.8 Å². The maximum Gasteiger partial charge on any atom is 0.319 e. The van der Waals surface area contributed by atoms with Crippen LogP contribution in [0.3, 0.4) is 0 Å². The number of halogens is 2. The van der Waals surface area contributed by atoms with Gasteiger partial charge in [0.1, 0.15) is 29.5 Å². The number of hydrogen-bond acceptors (Lipinski definition) is 8. The summed E-state index contributed by atoms with van der Waals surface area (Å²) in [6.45, 7) is 4.53. The molecular formula is C36H39F2N5O3. The fraction of sp³-hybridized carbons (Fsp3) is 0.500. The molecule has 6 atom stereocenters. The van der Waals surface area contributed by atoms with Gasteiger partial charge in [0, 0.05) is 61.7 Å². The van der Waals surface area contributed by atoms with Crippen molar-refractivity contribution in [3.05, 3.63) is 53.6 Å². The number of methoxy groups -OCH3 is 1. The van der Waals surface area contributed by atoms with E-state index in [9.17, 15) is 5.11 Å². The highest BCUT2D eigenvalue weighted by Gasteiger charge is 2.75. The first-order chi connectivity index (χ1) is 22.4. The molecule has 0 amide bonds. The van der Waals surface area contributed by atoms with E-state index in [0.29, 0.717) is 78.6 Å². The van der Waals surface area contributed by atoms with Gasteiger partial charge >= 0.3 is 6.01 Å². The number of piperazine rings is 1. The molecule has 3 aromatic carbocycles. The molecule has 46 heavy (non-hydrogen) atoms. The van der Waals surface area contributed by atoms with Gasteiger partial charge in [-0.2, -0.15) is 9.97 Å². The first kappa shape index (κ1) is 28.6. The molecule has 240 valence electrons. The minimum Gasteiger partial charge on any atom is -0.508 e. The molecule has 8 nitrogen and oxygen atoms in total. The van der Waals surface area contributed by atoms with Gasteiger partial charge < -0.3 is 24.8 Å². The van der Waals surface area contributed by atoms with Gasteiger partial charge in [-0.3, -0.25) is 4.90 Å². The van der Waals surface area contributed by atoms with Gasteiger partial charge in [-0.25, -0.2) is 8.78 Å². The number of hydrogen-bond donors (Lipinski definition) is 2. The molecule has 4 aromatic rings. The largest absolute Gasteiger partial charge is 0.508 e. The Bertz CT molecular complexity index is 1870. The van der Waals surface area contributed by atoms with E-state index in [1.54, 1.807) is 6.07 Å². The highest BCUT2D eigenvalue weighted by Crippen LogP contribution is 2.68. The number of phenols is 1. The maximum atomic E-state index is 16.9. The molecular weight excluding hydrogens is 588 g/mol. The molecule has 1 spiro atoms. The van der Waals surface area contributed by atoms with Gasteiger partial charge in [-0.15, -0.1) is 0 Å². The normalized spacial score (nSPS) is 29.7. The number of aryl methyl sites for hydroxylation is 1. The van der Waals surface area contributed by atoms with Crippen molar-refractivity contribution in [3.63, 3.8) is 0 Å². The van der Waals surface area contributed by atoms with Gasteiger partial charge in [0.05, 0.1) is 11.7 Å². The van der Waals surface area contributed by atoms with Gasteiger partial charge in [0.15, 0.2) is 5.82 Å². The van der Waals surface area contributed by atoms with Crippen molar-refractivity contribution in [2.45, 2.75) is 75.7 Å². The third-order valence-electron chi connectivity index (χ3n) is 11.9. The Kier molecular flexibility index (Phi) is 6.50. The average molecular weight is 628 g/mol. The van der Waals surface area contributed by atoms with Crippen LogP contribution in [0.1, 0.15) is 44.6 Å². The summed E-state index contributed by atoms with van der Waals surface area (Å²) in [5, 5.41) is 16.0. The summed E-state index contributed by atoms with van der Waals surface area (Å²) in [7, 11) is 1.82. The van der Waals surface area contributed by atoms with E-state index in [-0.39, 0.29) is 22.8 Å². The van der Waals surface area contributed by atoms with Crippen molar-refractivity contribution in [1.29, 1.82) is 0 Å². The number of ether oxygens (including phenoxy) is 2. The van der Waals surface area contributed by atoms with Crippen LogP contribution < -0.4 is 15.0 Å². The summed E-state index contributed by atoms with van der Waals surface area (Å²) < 4.78 is 45.1.